The van der Waals surface area contributed by atoms with Crippen LogP contribution in [-0.4, -0.2) is 52.0 Å². The fourth-order valence-corrected chi connectivity index (χ4v) is 3.50. The van der Waals surface area contributed by atoms with Crippen molar-refractivity contribution >= 4 is 21.6 Å². The molecule has 0 aliphatic heterocycles. The number of nitrogens with one attached hydrogen (secondary N) is 1. The highest BCUT2D eigenvalue weighted by Crippen LogP contribution is 2.19. The Balaban J connectivity index is 1.94. The smallest absolute Gasteiger partial charge is 0.243 e. The van der Waals surface area contributed by atoms with Crippen molar-refractivity contribution in [2.75, 3.05) is 38.7 Å². The Hall–Kier alpha value is -2.42. The lowest BCUT2D eigenvalue weighted by Crippen LogP contribution is -2.34. The molecule has 0 saturated carbocycles. The topological polar surface area (TPSA) is 84.9 Å². The fourth-order valence-electron chi connectivity index (χ4n) is 2.38. The van der Waals surface area contributed by atoms with E-state index in [2.05, 4.69) is 5.32 Å². The first kappa shape index (κ1) is 21.9. The van der Waals surface area contributed by atoms with E-state index in [1.54, 1.807) is 24.3 Å². The fraction of sp³-hybridized carbons (Fsp3) is 0.350. The highest BCUT2D eigenvalue weighted by Gasteiger charge is 2.23. The molecule has 1 N–H and O–H groups in total. The van der Waals surface area contributed by atoms with Gasteiger partial charge in [-0.2, -0.15) is 4.31 Å². The van der Waals surface area contributed by atoms with Gasteiger partial charge in [-0.1, -0.05) is 17.7 Å². The van der Waals surface area contributed by atoms with E-state index in [9.17, 15) is 13.2 Å². The summed E-state index contributed by atoms with van der Waals surface area (Å²) in [6.07, 6.45) is 0. The monoisotopic (exact) mass is 406 g/mol. The second-order valence-electron chi connectivity index (χ2n) is 6.19. The first-order valence-corrected chi connectivity index (χ1v) is 10.4. The van der Waals surface area contributed by atoms with Gasteiger partial charge in [-0.25, -0.2) is 8.42 Å². The van der Waals surface area contributed by atoms with E-state index in [1.807, 2.05) is 26.0 Å². The molecule has 28 heavy (non-hydrogen) atoms. The highest BCUT2D eigenvalue weighted by molar-refractivity contribution is 7.89. The van der Waals surface area contributed by atoms with Gasteiger partial charge in [0, 0.05) is 19.3 Å². The van der Waals surface area contributed by atoms with Gasteiger partial charge < -0.3 is 14.8 Å². The molecule has 0 atom stereocenters. The molecule has 0 radical (unpaired) electrons. The lowest BCUT2D eigenvalue weighted by Gasteiger charge is -2.17. The van der Waals surface area contributed by atoms with Crippen molar-refractivity contribution < 1.29 is 22.7 Å². The molecule has 8 heteroatoms. The van der Waals surface area contributed by atoms with Gasteiger partial charge in [0.2, 0.25) is 15.9 Å². The number of carbonyl (C=O) groups excluding carboxylic acids is 1. The van der Waals surface area contributed by atoms with Crippen LogP contribution in [0, 0.1) is 6.92 Å². The van der Waals surface area contributed by atoms with Crippen LogP contribution in [0.15, 0.2) is 53.4 Å². The van der Waals surface area contributed by atoms with E-state index < -0.39 is 15.9 Å². The number of amides is 1. The molecule has 0 spiro atoms. The number of hydrogen-bond acceptors (Lipinski definition) is 5. The molecule has 0 aromatic heterocycles. The van der Waals surface area contributed by atoms with Crippen LogP contribution in [0.5, 0.6) is 5.75 Å². The Bertz CT molecular complexity index is 864. The van der Waals surface area contributed by atoms with Crippen LogP contribution in [0.25, 0.3) is 0 Å². The second-order valence-corrected chi connectivity index (χ2v) is 8.24. The Morgan fingerprint density at radius 2 is 1.68 bits per heavy atom. The third-order valence-corrected chi connectivity index (χ3v) is 5.75. The van der Waals surface area contributed by atoms with Crippen LogP contribution in [0.4, 0.5) is 5.69 Å². The Labute approximate surface area is 166 Å². The summed E-state index contributed by atoms with van der Waals surface area (Å²) in [7, 11) is -2.42. The zero-order valence-corrected chi connectivity index (χ0v) is 17.2. The van der Waals surface area contributed by atoms with Crippen molar-refractivity contribution in [3.8, 4) is 5.75 Å². The van der Waals surface area contributed by atoms with E-state index in [0.29, 0.717) is 31.3 Å². The highest BCUT2D eigenvalue weighted by atomic mass is 32.2. The molecule has 0 saturated heterocycles. The van der Waals surface area contributed by atoms with Crippen molar-refractivity contribution in [2.24, 2.45) is 0 Å². The van der Waals surface area contributed by atoms with E-state index in [0.717, 1.165) is 9.87 Å². The van der Waals surface area contributed by atoms with Crippen molar-refractivity contribution in [2.45, 2.75) is 18.7 Å². The molecule has 2 aromatic rings. The molecule has 0 unspecified atom stereocenters. The molecule has 2 rings (SSSR count). The molecule has 152 valence electrons. The van der Waals surface area contributed by atoms with Crippen molar-refractivity contribution in [1.29, 1.82) is 0 Å². The Morgan fingerprint density at radius 1 is 1.04 bits per heavy atom. The first-order valence-electron chi connectivity index (χ1n) is 8.96. The summed E-state index contributed by atoms with van der Waals surface area (Å²) in [4.78, 5) is 12.3. The number of carbonyl (C=O) groups is 1. The van der Waals surface area contributed by atoms with E-state index in [1.165, 1.54) is 19.2 Å². The van der Waals surface area contributed by atoms with Gasteiger partial charge in [-0.15, -0.1) is 0 Å². The van der Waals surface area contributed by atoms with E-state index >= 15 is 0 Å². The average Bonchev–Trinajstić information content (AvgIpc) is 2.67. The number of anilines is 1. The molecule has 0 bridgehead atoms. The van der Waals surface area contributed by atoms with Crippen LogP contribution in [0.1, 0.15) is 12.5 Å². The maximum Gasteiger partial charge on any atom is 0.243 e. The van der Waals surface area contributed by atoms with Gasteiger partial charge in [0.15, 0.2) is 0 Å². The number of ether oxygens (including phenoxy) is 2. The molecule has 0 aliphatic rings. The second kappa shape index (κ2) is 10.2. The van der Waals surface area contributed by atoms with Crippen molar-refractivity contribution in [3.63, 3.8) is 0 Å². The minimum Gasteiger partial charge on any atom is -0.491 e. The number of sulfonamides is 1. The number of rotatable bonds is 10. The predicted molar refractivity (Wildman–Crippen MR) is 108 cm³/mol. The number of likely N-dealkylation sites (N-methyl/N-ethyl adjacent to an activating group) is 1. The van der Waals surface area contributed by atoms with Gasteiger partial charge in [0.1, 0.15) is 12.4 Å². The Kier molecular flexibility index (Phi) is 7.98. The van der Waals surface area contributed by atoms with Gasteiger partial charge in [-0.05, 0) is 50.2 Å². The third-order valence-electron chi connectivity index (χ3n) is 3.93. The normalized spacial score (nSPS) is 11.4. The number of aryl methyl sites for hydroxylation is 1. The molecular formula is C20H26N2O5S. The maximum atomic E-state index is 12.7. The van der Waals surface area contributed by atoms with Crippen LogP contribution < -0.4 is 10.1 Å². The minimum absolute atomic E-state index is 0.0929. The third kappa shape index (κ3) is 6.33. The minimum atomic E-state index is -3.79. The van der Waals surface area contributed by atoms with Gasteiger partial charge >= 0.3 is 0 Å². The van der Waals surface area contributed by atoms with Crippen LogP contribution in [0.3, 0.4) is 0 Å². The molecular weight excluding hydrogens is 380 g/mol. The van der Waals surface area contributed by atoms with Gasteiger partial charge in [0.05, 0.1) is 18.0 Å². The van der Waals surface area contributed by atoms with Crippen LogP contribution in [0.2, 0.25) is 0 Å². The lowest BCUT2D eigenvalue weighted by molar-refractivity contribution is -0.116. The molecule has 0 heterocycles. The largest absolute Gasteiger partial charge is 0.491 e. The summed E-state index contributed by atoms with van der Waals surface area (Å²) in [6.45, 7) is 5.03. The average molecular weight is 407 g/mol. The number of nitrogens with zero attached hydrogens (tertiary/aromatic N) is 1. The maximum absolute atomic E-state index is 12.7. The standard InChI is InChI=1S/C20H26N2O5S/c1-4-26-13-14-27-18-9-11-19(12-10-18)28(24,25)22(3)15-20(23)21-17-7-5-16(2)6-8-17/h5-12H,4,13-15H2,1-3H3,(H,21,23). The summed E-state index contributed by atoms with van der Waals surface area (Å²) < 4.78 is 37.0. The number of hydrogen-bond donors (Lipinski definition) is 1. The summed E-state index contributed by atoms with van der Waals surface area (Å²) >= 11 is 0. The zero-order chi connectivity index (χ0) is 20.6. The van der Waals surface area contributed by atoms with E-state index in [4.69, 9.17) is 9.47 Å². The summed E-state index contributed by atoms with van der Waals surface area (Å²) in [5.74, 6) is 0.143. The van der Waals surface area contributed by atoms with Gasteiger partial charge in [0.25, 0.3) is 0 Å². The Morgan fingerprint density at radius 3 is 2.29 bits per heavy atom. The molecule has 1 amide bonds. The van der Waals surface area contributed by atoms with Crippen LogP contribution >= 0.6 is 0 Å². The van der Waals surface area contributed by atoms with Crippen molar-refractivity contribution in [3.05, 3.63) is 54.1 Å². The quantitative estimate of drug-likeness (QED) is 0.613. The van der Waals surface area contributed by atoms with Gasteiger partial charge in [-0.3, -0.25) is 4.79 Å². The van der Waals surface area contributed by atoms with Crippen molar-refractivity contribution in [1.82, 2.24) is 4.31 Å². The number of benzene rings is 2. The summed E-state index contributed by atoms with van der Waals surface area (Å²) in [6, 6.07) is 13.4. The van der Waals surface area contributed by atoms with Crippen LogP contribution in [-0.2, 0) is 19.6 Å². The summed E-state index contributed by atoms with van der Waals surface area (Å²) in [5, 5.41) is 2.69. The first-order chi connectivity index (χ1) is 13.3. The molecule has 2 aromatic carbocycles. The predicted octanol–water partition coefficient (Wildman–Crippen LogP) is 2.67. The molecule has 0 aliphatic carbocycles. The molecule has 7 nitrogen and oxygen atoms in total. The SMILES string of the molecule is CCOCCOc1ccc(S(=O)(=O)N(C)CC(=O)Nc2ccc(C)cc2)cc1. The molecule has 0 fully saturated rings. The lowest BCUT2D eigenvalue weighted by atomic mass is 10.2. The zero-order valence-electron chi connectivity index (χ0n) is 16.3. The van der Waals surface area contributed by atoms with E-state index in [-0.39, 0.29) is 11.4 Å². The summed E-state index contributed by atoms with van der Waals surface area (Å²) in [5.41, 5.74) is 1.69.